The van der Waals surface area contributed by atoms with Crippen LogP contribution in [-0.2, 0) is 64.5 Å². The first-order valence-electron chi connectivity index (χ1n) is 27.5. The van der Waals surface area contributed by atoms with E-state index >= 15 is 0 Å². The second-order valence-corrected chi connectivity index (χ2v) is 29.4. The SMILES string of the molecule is CC(C)[C@H](NC(=O)[C@H](Cc1cccc2ccccc12)CS(=O)(=O)C(C)(C)C)C(=O)N[C@@H](Cc1ccccc1)C[C@H](O)[C@H](Cc1ccccc1)NC(=O)[C@@H](NC(=O)[C@H](Cc1cccc2ccccc12)CS(=O)(=O)C(C)(C)C)C(C)C. The van der Waals surface area contributed by atoms with E-state index in [2.05, 4.69) is 21.3 Å². The van der Waals surface area contributed by atoms with Crippen molar-refractivity contribution in [3.63, 3.8) is 0 Å². The average Bonchev–Trinajstić information content (AvgIpc) is 3.39. The number of fused-ring (bicyclic) bond motifs is 2. The number of rotatable bonds is 25. The fraction of sp³-hybridized carbons (Fsp3) is 0.438. The normalized spacial score (nSPS) is 15.2. The predicted molar refractivity (Wildman–Crippen MR) is 318 cm³/mol. The Bertz CT molecular complexity index is 3250. The third-order valence-corrected chi connectivity index (χ3v) is 20.3. The van der Waals surface area contributed by atoms with Gasteiger partial charge in [0.1, 0.15) is 12.1 Å². The van der Waals surface area contributed by atoms with E-state index < -0.39 is 118 Å². The Morgan fingerprint density at radius 1 is 0.443 bits per heavy atom. The molecule has 0 fully saturated rings. The predicted octanol–water partition coefficient (Wildman–Crippen LogP) is 8.92. The van der Waals surface area contributed by atoms with E-state index in [4.69, 9.17) is 0 Å². The van der Waals surface area contributed by atoms with E-state index in [1.54, 1.807) is 69.2 Å². The molecule has 0 spiro atoms. The Hall–Kier alpha value is -6.42. The maximum absolute atomic E-state index is 14.7. The third-order valence-electron chi connectivity index (χ3n) is 14.9. The van der Waals surface area contributed by atoms with Gasteiger partial charge in [0, 0.05) is 6.04 Å². The van der Waals surface area contributed by atoms with Crippen LogP contribution in [0, 0.1) is 23.7 Å². The lowest BCUT2D eigenvalue weighted by molar-refractivity contribution is -0.132. The molecule has 0 aromatic heterocycles. The minimum absolute atomic E-state index is 0.0544. The molecule has 79 heavy (non-hydrogen) atoms. The van der Waals surface area contributed by atoms with Crippen LogP contribution in [0.3, 0.4) is 0 Å². The van der Waals surface area contributed by atoms with Gasteiger partial charge in [-0.2, -0.15) is 0 Å². The monoisotopic (exact) mass is 1110 g/mol. The molecule has 6 aromatic rings. The molecule has 13 nitrogen and oxygen atoms in total. The molecule has 6 rings (SSSR count). The van der Waals surface area contributed by atoms with Crippen LogP contribution in [0.5, 0.6) is 0 Å². The zero-order chi connectivity index (χ0) is 57.9. The van der Waals surface area contributed by atoms with Gasteiger partial charge in [-0.25, -0.2) is 16.8 Å². The van der Waals surface area contributed by atoms with Crippen LogP contribution in [0.4, 0.5) is 0 Å². The van der Waals surface area contributed by atoms with Crippen molar-refractivity contribution in [3.05, 3.63) is 168 Å². The number of carbonyl (C=O) groups excluding carboxylic acids is 4. The van der Waals surface area contributed by atoms with Crippen molar-refractivity contribution in [1.82, 2.24) is 21.3 Å². The molecule has 0 radical (unpaired) electrons. The molecule has 0 unspecified atom stereocenters. The number of amides is 4. The number of aliphatic hydroxyl groups is 1. The molecular formula is C64H82N4O9S2. The largest absolute Gasteiger partial charge is 0.391 e. The highest BCUT2D eigenvalue weighted by atomic mass is 32.2. The van der Waals surface area contributed by atoms with E-state index in [1.807, 2.05) is 146 Å². The van der Waals surface area contributed by atoms with E-state index in [0.29, 0.717) is 0 Å². The quantitative estimate of drug-likeness (QED) is 0.0371. The molecule has 0 aliphatic carbocycles. The molecule has 424 valence electrons. The first kappa shape index (κ1) is 61.8. The van der Waals surface area contributed by atoms with Crippen LogP contribution in [0.25, 0.3) is 21.5 Å². The first-order valence-corrected chi connectivity index (χ1v) is 30.8. The number of benzene rings is 6. The fourth-order valence-corrected chi connectivity index (χ4v) is 12.4. The molecule has 0 bridgehead atoms. The molecule has 7 atom stereocenters. The summed E-state index contributed by atoms with van der Waals surface area (Å²) < 4.78 is 52.9. The number of hydrogen-bond acceptors (Lipinski definition) is 9. The minimum atomic E-state index is -3.82. The molecule has 0 aliphatic heterocycles. The van der Waals surface area contributed by atoms with Crippen molar-refractivity contribution in [2.75, 3.05) is 11.5 Å². The topological polar surface area (TPSA) is 205 Å². The fourth-order valence-electron chi connectivity index (χ4n) is 9.83. The smallest absolute Gasteiger partial charge is 0.243 e. The van der Waals surface area contributed by atoms with Gasteiger partial charge in [-0.05, 0) is 129 Å². The van der Waals surface area contributed by atoms with Gasteiger partial charge in [0.15, 0.2) is 19.7 Å². The number of aliphatic hydroxyl groups excluding tert-OH is 1. The Morgan fingerprint density at radius 2 is 0.810 bits per heavy atom. The van der Waals surface area contributed by atoms with Gasteiger partial charge >= 0.3 is 0 Å². The van der Waals surface area contributed by atoms with Crippen LogP contribution in [-0.4, -0.2) is 96.8 Å². The summed E-state index contributed by atoms with van der Waals surface area (Å²) in [4.78, 5) is 58.6. The molecular weight excluding hydrogens is 1030 g/mol. The summed E-state index contributed by atoms with van der Waals surface area (Å²) in [6, 6.07) is 41.6. The Morgan fingerprint density at radius 3 is 1.22 bits per heavy atom. The van der Waals surface area contributed by atoms with E-state index in [1.165, 1.54) is 0 Å². The number of carbonyl (C=O) groups is 4. The second kappa shape index (κ2) is 26.7. The van der Waals surface area contributed by atoms with Crippen molar-refractivity contribution in [3.8, 4) is 0 Å². The average molecular weight is 1120 g/mol. The highest BCUT2D eigenvalue weighted by Crippen LogP contribution is 2.28. The van der Waals surface area contributed by atoms with E-state index in [0.717, 1.165) is 43.8 Å². The molecule has 0 aliphatic rings. The molecule has 15 heteroatoms. The number of nitrogens with one attached hydrogen (secondary N) is 4. The lowest BCUT2D eigenvalue weighted by Gasteiger charge is -2.32. The summed E-state index contributed by atoms with van der Waals surface area (Å²) >= 11 is 0. The Kier molecular flexibility index (Phi) is 20.9. The Balaban J connectivity index is 1.26. The molecule has 0 saturated carbocycles. The van der Waals surface area contributed by atoms with Crippen molar-refractivity contribution >= 4 is 64.8 Å². The van der Waals surface area contributed by atoms with Gasteiger partial charge in [0.05, 0.1) is 45.0 Å². The van der Waals surface area contributed by atoms with Crippen LogP contribution in [0.15, 0.2) is 146 Å². The van der Waals surface area contributed by atoms with Gasteiger partial charge < -0.3 is 26.4 Å². The lowest BCUT2D eigenvalue weighted by Crippen LogP contribution is -2.57. The van der Waals surface area contributed by atoms with Crippen molar-refractivity contribution < 1.29 is 41.1 Å². The zero-order valence-corrected chi connectivity index (χ0v) is 49.2. The van der Waals surface area contributed by atoms with Crippen molar-refractivity contribution in [2.24, 2.45) is 23.7 Å². The van der Waals surface area contributed by atoms with Crippen molar-refractivity contribution in [2.45, 2.75) is 141 Å². The lowest BCUT2D eigenvalue weighted by atomic mass is 9.92. The molecule has 0 saturated heterocycles. The molecule has 6 aromatic carbocycles. The molecule has 4 amide bonds. The standard InChI is InChI=1S/C64H82N4O9S2/c1-42(2)57(67-59(70)50(40-78(74,75)63(5,6)7)37-48-31-21-29-46-27-17-19-33-53(46)48)61(72)65-52(35-44-23-13-11-14-24-44)39-56(69)55(36-45-25-15-12-16-26-45)66-62(73)58(43(3)4)68-60(71)51(41-79(76,77)64(8,9)10)38-49-32-22-30-47-28-18-20-34-54(47)49/h11-34,42-43,50-52,55-58,69H,35-41H2,1-10H3,(H,65,72)(H,66,73)(H,67,70)(H,68,71)/t50-,51-,52+,55+,56+,57+,58+/m1/s1. The summed E-state index contributed by atoms with van der Waals surface area (Å²) in [7, 11) is -7.63. The number of sulfone groups is 2. The van der Waals surface area contributed by atoms with Gasteiger partial charge in [0.2, 0.25) is 23.6 Å². The first-order chi connectivity index (χ1) is 37.1. The van der Waals surface area contributed by atoms with Gasteiger partial charge in [-0.15, -0.1) is 0 Å². The maximum Gasteiger partial charge on any atom is 0.243 e. The highest BCUT2D eigenvalue weighted by Gasteiger charge is 2.39. The van der Waals surface area contributed by atoms with Crippen LogP contribution < -0.4 is 21.3 Å². The second-order valence-electron chi connectivity index (χ2n) is 23.8. The van der Waals surface area contributed by atoms with Crippen LogP contribution in [0.1, 0.15) is 97.9 Å². The zero-order valence-electron chi connectivity index (χ0n) is 47.5. The molecule has 5 N–H and O–H groups in total. The maximum atomic E-state index is 14.7. The highest BCUT2D eigenvalue weighted by molar-refractivity contribution is 7.93. The van der Waals surface area contributed by atoms with Crippen LogP contribution >= 0.6 is 0 Å². The van der Waals surface area contributed by atoms with Gasteiger partial charge in [-0.3, -0.25) is 19.2 Å². The summed E-state index contributed by atoms with van der Waals surface area (Å²) in [5.74, 6) is -6.19. The summed E-state index contributed by atoms with van der Waals surface area (Å²) in [5, 5.41) is 28.2. The number of hydrogen-bond donors (Lipinski definition) is 5. The van der Waals surface area contributed by atoms with Gasteiger partial charge in [-0.1, -0.05) is 173 Å². The summed E-state index contributed by atoms with van der Waals surface area (Å²) in [6.07, 6.45) is -0.684. The van der Waals surface area contributed by atoms with E-state index in [9.17, 15) is 41.1 Å². The third kappa shape index (κ3) is 16.8. The van der Waals surface area contributed by atoms with E-state index in [-0.39, 0.29) is 32.1 Å². The molecule has 0 heterocycles. The van der Waals surface area contributed by atoms with Crippen molar-refractivity contribution in [1.29, 1.82) is 0 Å². The van der Waals surface area contributed by atoms with Crippen LogP contribution in [0.2, 0.25) is 0 Å². The summed E-state index contributed by atoms with van der Waals surface area (Å²) in [5.41, 5.74) is 3.25. The summed E-state index contributed by atoms with van der Waals surface area (Å²) in [6.45, 7) is 16.8. The minimum Gasteiger partial charge on any atom is -0.391 e. The van der Waals surface area contributed by atoms with Gasteiger partial charge in [0.25, 0.3) is 0 Å². The Labute approximate surface area is 469 Å².